The van der Waals surface area contributed by atoms with Crippen LogP contribution in [0.3, 0.4) is 0 Å². The number of rotatable bonds is 6. The van der Waals surface area contributed by atoms with E-state index in [1.54, 1.807) is 23.1 Å². The Morgan fingerprint density at radius 3 is 2.20 bits per heavy atom. The molecule has 0 spiro atoms. The van der Waals surface area contributed by atoms with Gasteiger partial charge in [-0.3, -0.25) is 4.79 Å². The van der Waals surface area contributed by atoms with Gasteiger partial charge in [0.2, 0.25) is 15.9 Å². The number of sulfonamides is 1. The topological polar surface area (TPSA) is 60.9 Å². The number of amides is 1. The fourth-order valence-corrected chi connectivity index (χ4v) is 4.95. The molecule has 0 aliphatic carbocycles. The van der Waals surface area contributed by atoms with Crippen LogP contribution in [-0.2, 0) is 21.4 Å². The monoisotopic (exact) mass is 489 g/mol. The maximum absolute atomic E-state index is 13.3. The Labute approximate surface area is 192 Å². The van der Waals surface area contributed by atoms with Crippen LogP contribution < -0.4 is 0 Å². The summed E-state index contributed by atoms with van der Waals surface area (Å²) >= 11 is 18.0. The molecule has 2 aromatic carbocycles. The molecule has 1 aliphatic rings. The van der Waals surface area contributed by atoms with E-state index in [9.17, 15) is 13.2 Å². The highest BCUT2D eigenvalue weighted by molar-refractivity contribution is 7.89. The summed E-state index contributed by atoms with van der Waals surface area (Å²) in [7, 11) is -1.95. The third-order valence-corrected chi connectivity index (χ3v) is 7.76. The van der Waals surface area contributed by atoms with Gasteiger partial charge in [-0.1, -0.05) is 40.9 Å². The number of hydrogen-bond acceptors (Lipinski definition) is 4. The zero-order chi connectivity index (χ0) is 21.9. The van der Waals surface area contributed by atoms with E-state index >= 15 is 0 Å². The van der Waals surface area contributed by atoms with Gasteiger partial charge >= 0.3 is 0 Å². The third kappa shape index (κ3) is 5.66. The van der Waals surface area contributed by atoms with E-state index < -0.39 is 10.0 Å². The van der Waals surface area contributed by atoms with Crippen molar-refractivity contribution in [3.63, 3.8) is 0 Å². The first-order valence-electron chi connectivity index (χ1n) is 9.33. The maximum Gasteiger partial charge on any atom is 0.243 e. The molecule has 0 bridgehead atoms. The normalized spacial score (nSPS) is 15.6. The van der Waals surface area contributed by atoms with E-state index in [0.717, 1.165) is 17.4 Å². The molecule has 162 valence electrons. The summed E-state index contributed by atoms with van der Waals surface area (Å²) in [5.41, 5.74) is 0.633. The van der Waals surface area contributed by atoms with Crippen LogP contribution in [0.4, 0.5) is 0 Å². The van der Waals surface area contributed by atoms with Crippen LogP contribution in [0, 0.1) is 0 Å². The largest absolute Gasteiger partial charge is 0.339 e. The number of carbonyl (C=O) groups excluding carboxylic acids is 1. The number of halogens is 3. The van der Waals surface area contributed by atoms with E-state index in [2.05, 4.69) is 4.90 Å². The van der Waals surface area contributed by atoms with Gasteiger partial charge in [-0.2, -0.15) is 4.31 Å². The molecule has 1 fully saturated rings. The number of likely N-dealkylation sites (N-methyl/N-ethyl adjacent to an activating group) is 1. The molecule has 0 aromatic heterocycles. The van der Waals surface area contributed by atoms with Crippen molar-refractivity contribution in [1.29, 1.82) is 0 Å². The minimum atomic E-state index is -3.94. The van der Waals surface area contributed by atoms with Gasteiger partial charge in [-0.05, 0) is 49.0 Å². The molecule has 2 aromatic rings. The van der Waals surface area contributed by atoms with Gasteiger partial charge in [0, 0.05) is 37.7 Å². The Bertz CT molecular complexity index is 1010. The van der Waals surface area contributed by atoms with Crippen LogP contribution in [0.2, 0.25) is 15.1 Å². The van der Waals surface area contributed by atoms with Crippen molar-refractivity contribution in [3.8, 4) is 0 Å². The highest BCUT2D eigenvalue weighted by atomic mass is 35.5. The molecule has 1 saturated heterocycles. The first-order chi connectivity index (χ1) is 14.2. The molecule has 0 saturated carbocycles. The van der Waals surface area contributed by atoms with Crippen molar-refractivity contribution >= 4 is 50.7 Å². The van der Waals surface area contributed by atoms with Gasteiger partial charge in [0.05, 0.1) is 21.5 Å². The molecule has 6 nitrogen and oxygen atoms in total. The first kappa shape index (κ1) is 23.3. The number of hydrogen-bond donors (Lipinski definition) is 0. The van der Waals surface area contributed by atoms with Crippen molar-refractivity contribution in [1.82, 2.24) is 14.1 Å². The molecule has 10 heteroatoms. The summed E-state index contributed by atoms with van der Waals surface area (Å²) in [6.45, 7) is 2.36. The second kappa shape index (κ2) is 9.85. The molecule has 3 rings (SSSR count). The number of benzene rings is 2. The predicted octanol–water partition coefficient (Wildman–Crippen LogP) is 3.61. The lowest BCUT2D eigenvalue weighted by Crippen LogP contribution is -2.50. The summed E-state index contributed by atoms with van der Waals surface area (Å²) in [4.78, 5) is 16.8. The van der Waals surface area contributed by atoms with Gasteiger partial charge in [0.25, 0.3) is 0 Å². The molecule has 0 N–H and O–H groups in total. The van der Waals surface area contributed by atoms with E-state index in [1.165, 1.54) is 24.3 Å². The number of piperazine rings is 1. The van der Waals surface area contributed by atoms with Crippen molar-refractivity contribution in [2.24, 2.45) is 0 Å². The second-order valence-corrected chi connectivity index (χ2v) is 10.3. The Morgan fingerprint density at radius 2 is 1.60 bits per heavy atom. The van der Waals surface area contributed by atoms with Crippen molar-refractivity contribution in [3.05, 3.63) is 63.1 Å². The van der Waals surface area contributed by atoms with E-state index in [-0.39, 0.29) is 23.9 Å². The zero-order valence-corrected chi connectivity index (χ0v) is 19.5. The zero-order valence-electron chi connectivity index (χ0n) is 16.4. The van der Waals surface area contributed by atoms with E-state index in [1.807, 2.05) is 7.05 Å². The minimum Gasteiger partial charge on any atom is -0.339 e. The smallest absolute Gasteiger partial charge is 0.243 e. The SMILES string of the molecule is CN1CCN(C(=O)CN(Cc2ccc(Cl)c(Cl)c2)S(=O)(=O)c2ccc(Cl)cc2)CC1. The summed E-state index contributed by atoms with van der Waals surface area (Å²) in [6, 6.07) is 10.8. The third-order valence-electron chi connectivity index (χ3n) is 4.96. The standard InChI is InChI=1S/C20H22Cl3N3O3S/c1-24-8-10-25(11-9-24)20(27)14-26(13-15-2-7-18(22)19(23)12-15)30(28,29)17-5-3-16(21)4-6-17/h2-7,12H,8-11,13-14H2,1H3. The van der Waals surface area contributed by atoms with Crippen LogP contribution in [0.15, 0.2) is 47.4 Å². The van der Waals surface area contributed by atoms with Gasteiger partial charge in [-0.15, -0.1) is 0 Å². The molecule has 0 unspecified atom stereocenters. The molecule has 1 heterocycles. The van der Waals surface area contributed by atoms with Crippen LogP contribution in [-0.4, -0.2) is 68.2 Å². The molecule has 30 heavy (non-hydrogen) atoms. The molecule has 0 atom stereocenters. The average molecular weight is 491 g/mol. The summed E-state index contributed by atoms with van der Waals surface area (Å²) in [6.07, 6.45) is 0. The molecule has 1 amide bonds. The molecular formula is C20H22Cl3N3O3S. The highest BCUT2D eigenvalue weighted by Crippen LogP contribution is 2.25. The Hall–Kier alpha value is -1.35. The van der Waals surface area contributed by atoms with Crippen LogP contribution in [0.1, 0.15) is 5.56 Å². The van der Waals surface area contributed by atoms with Gasteiger partial charge in [0.1, 0.15) is 0 Å². The highest BCUT2D eigenvalue weighted by Gasteiger charge is 2.29. The Balaban J connectivity index is 1.88. The fourth-order valence-electron chi connectivity index (χ4n) is 3.13. The second-order valence-electron chi connectivity index (χ2n) is 7.16. The lowest BCUT2D eigenvalue weighted by Gasteiger charge is -2.33. The number of nitrogens with zero attached hydrogens (tertiary/aromatic N) is 3. The summed E-state index contributed by atoms with van der Waals surface area (Å²) in [5, 5.41) is 1.13. The fraction of sp³-hybridized carbons (Fsp3) is 0.350. The van der Waals surface area contributed by atoms with Crippen LogP contribution in [0.5, 0.6) is 0 Å². The lowest BCUT2D eigenvalue weighted by atomic mass is 10.2. The molecular weight excluding hydrogens is 469 g/mol. The van der Waals surface area contributed by atoms with Crippen LogP contribution in [0.25, 0.3) is 0 Å². The van der Waals surface area contributed by atoms with Gasteiger partial charge in [-0.25, -0.2) is 8.42 Å². The predicted molar refractivity (Wildman–Crippen MR) is 120 cm³/mol. The quantitative estimate of drug-likeness (QED) is 0.621. The minimum absolute atomic E-state index is 0.0126. The van der Waals surface area contributed by atoms with Gasteiger partial charge in [0.15, 0.2) is 0 Å². The number of carbonyl (C=O) groups is 1. The molecule has 1 aliphatic heterocycles. The average Bonchev–Trinajstić information content (AvgIpc) is 2.71. The van der Waals surface area contributed by atoms with E-state index in [4.69, 9.17) is 34.8 Å². The van der Waals surface area contributed by atoms with Crippen molar-refractivity contribution < 1.29 is 13.2 Å². The maximum atomic E-state index is 13.3. The summed E-state index contributed by atoms with van der Waals surface area (Å²) < 4.78 is 27.8. The van der Waals surface area contributed by atoms with E-state index in [0.29, 0.717) is 33.7 Å². The lowest BCUT2D eigenvalue weighted by molar-refractivity contribution is -0.133. The van der Waals surface area contributed by atoms with Gasteiger partial charge < -0.3 is 9.80 Å². The molecule has 0 radical (unpaired) electrons. The van der Waals surface area contributed by atoms with Crippen molar-refractivity contribution in [2.45, 2.75) is 11.4 Å². The van der Waals surface area contributed by atoms with Crippen molar-refractivity contribution in [2.75, 3.05) is 39.8 Å². The Morgan fingerprint density at radius 1 is 0.967 bits per heavy atom. The summed E-state index contributed by atoms with van der Waals surface area (Å²) in [5.74, 6) is -0.235. The first-order valence-corrected chi connectivity index (χ1v) is 11.9. The van der Waals surface area contributed by atoms with Crippen LogP contribution >= 0.6 is 34.8 Å². The Kier molecular flexibility index (Phi) is 7.66.